The van der Waals surface area contributed by atoms with Gasteiger partial charge < -0.3 is 5.32 Å². The van der Waals surface area contributed by atoms with Gasteiger partial charge in [0.25, 0.3) is 0 Å². The maximum atomic E-state index is 3.46. The van der Waals surface area contributed by atoms with Crippen LogP contribution >= 0.6 is 11.8 Å². The van der Waals surface area contributed by atoms with Crippen molar-refractivity contribution in [2.75, 3.05) is 12.8 Å². The zero-order valence-electron chi connectivity index (χ0n) is 12.7. The second kappa shape index (κ2) is 10.3. The van der Waals surface area contributed by atoms with Crippen LogP contribution in [-0.4, -0.2) is 18.8 Å². The monoisotopic (exact) mass is 279 g/mol. The van der Waals surface area contributed by atoms with Gasteiger partial charge in [-0.25, -0.2) is 0 Å². The lowest BCUT2D eigenvalue weighted by atomic mass is 10.1. The molecular formula is C17H29NS. The Bertz CT molecular complexity index is 338. The van der Waals surface area contributed by atoms with Gasteiger partial charge in [-0.3, -0.25) is 0 Å². The molecule has 0 aliphatic heterocycles. The largest absolute Gasteiger partial charge is 0.316 e. The Morgan fingerprint density at radius 3 is 2.63 bits per heavy atom. The number of rotatable bonds is 10. The lowest BCUT2D eigenvalue weighted by Gasteiger charge is -2.15. The fraction of sp³-hybridized carbons (Fsp3) is 0.647. The number of hydrogen-bond acceptors (Lipinski definition) is 2. The van der Waals surface area contributed by atoms with Crippen LogP contribution in [0.2, 0.25) is 0 Å². The topological polar surface area (TPSA) is 12.0 Å². The fourth-order valence-corrected chi connectivity index (χ4v) is 3.38. The lowest BCUT2D eigenvalue weighted by Crippen LogP contribution is -2.27. The summed E-state index contributed by atoms with van der Waals surface area (Å²) in [5.74, 6) is 1.17. The number of thioether (sulfide) groups is 1. The van der Waals surface area contributed by atoms with E-state index in [4.69, 9.17) is 0 Å². The molecule has 1 atom stereocenters. The third-order valence-corrected chi connectivity index (χ3v) is 4.66. The molecule has 1 aromatic carbocycles. The molecule has 1 N–H and O–H groups in total. The van der Waals surface area contributed by atoms with E-state index < -0.39 is 0 Å². The predicted octanol–water partition coefficient (Wildman–Crippen LogP) is 5.04. The molecule has 0 radical (unpaired) electrons. The van der Waals surface area contributed by atoms with E-state index >= 15 is 0 Å². The van der Waals surface area contributed by atoms with Gasteiger partial charge in [-0.05, 0) is 32.5 Å². The molecule has 0 spiro atoms. The number of benzene rings is 1. The molecule has 0 aromatic heterocycles. The lowest BCUT2D eigenvalue weighted by molar-refractivity contribution is 0.518. The zero-order valence-corrected chi connectivity index (χ0v) is 13.6. The Kier molecular flexibility index (Phi) is 9.02. The Hall–Kier alpha value is -0.470. The summed E-state index contributed by atoms with van der Waals surface area (Å²) in [7, 11) is 2.09. The molecule has 1 rings (SSSR count). The van der Waals surface area contributed by atoms with Crippen molar-refractivity contribution in [2.24, 2.45) is 0 Å². The van der Waals surface area contributed by atoms with Crippen LogP contribution in [0.15, 0.2) is 29.2 Å². The van der Waals surface area contributed by atoms with Gasteiger partial charge in [-0.2, -0.15) is 0 Å². The van der Waals surface area contributed by atoms with Crippen molar-refractivity contribution in [1.82, 2.24) is 5.32 Å². The Labute approximate surface area is 123 Å². The van der Waals surface area contributed by atoms with Crippen LogP contribution in [0, 0.1) is 6.92 Å². The van der Waals surface area contributed by atoms with E-state index in [9.17, 15) is 0 Å². The Morgan fingerprint density at radius 2 is 1.95 bits per heavy atom. The molecule has 1 aromatic rings. The SMILES string of the molecule is CCCCCCCC(CSc1cccc(C)c1)NC. The first-order chi connectivity index (χ1) is 9.26. The van der Waals surface area contributed by atoms with Gasteiger partial charge in [0.2, 0.25) is 0 Å². The normalized spacial score (nSPS) is 12.6. The van der Waals surface area contributed by atoms with E-state index in [1.807, 2.05) is 11.8 Å². The highest BCUT2D eigenvalue weighted by molar-refractivity contribution is 7.99. The predicted molar refractivity (Wildman–Crippen MR) is 88.1 cm³/mol. The van der Waals surface area contributed by atoms with Gasteiger partial charge in [0.1, 0.15) is 0 Å². The molecule has 1 unspecified atom stereocenters. The van der Waals surface area contributed by atoms with E-state index in [0.717, 1.165) is 0 Å². The van der Waals surface area contributed by atoms with Crippen molar-refractivity contribution in [2.45, 2.75) is 63.3 Å². The van der Waals surface area contributed by atoms with Crippen molar-refractivity contribution in [3.05, 3.63) is 29.8 Å². The molecule has 0 heterocycles. The van der Waals surface area contributed by atoms with Crippen LogP contribution in [0.3, 0.4) is 0 Å². The third kappa shape index (κ3) is 7.64. The smallest absolute Gasteiger partial charge is 0.0158 e. The molecule has 108 valence electrons. The minimum atomic E-state index is 0.645. The maximum absolute atomic E-state index is 3.46. The van der Waals surface area contributed by atoms with Crippen LogP contribution in [0.1, 0.15) is 51.0 Å². The molecule has 0 saturated carbocycles. The fourth-order valence-electron chi connectivity index (χ4n) is 2.21. The van der Waals surface area contributed by atoms with Gasteiger partial charge in [0.05, 0.1) is 0 Å². The highest BCUT2D eigenvalue weighted by Gasteiger charge is 2.06. The van der Waals surface area contributed by atoms with E-state index in [1.54, 1.807) is 0 Å². The van der Waals surface area contributed by atoms with Crippen molar-refractivity contribution in [3.8, 4) is 0 Å². The molecule has 19 heavy (non-hydrogen) atoms. The Morgan fingerprint density at radius 1 is 1.16 bits per heavy atom. The molecular weight excluding hydrogens is 250 g/mol. The summed E-state index contributed by atoms with van der Waals surface area (Å²) >= 11 is 1.97. The highest BCUT2D eigenvalue weighted by Crippen LogP contribution is 2.21. The van der Waals surface area contributed by atoms with Gasteiger partial charge >= 0.3 is 0 Å². The van der Waals surface area contributed by atoms with Crippen molar-refractivity contribution >= 4 is 11.8 Å². The van der Waals surface area contributed by atoms with Gasteiger partial charge in [0, 0.05) is 16.7 Å². The number of aryl methyl sites for hydroxylation is 1. The van der Waals surface area contributed by atoms with Crippen molar-refractivity contribution in [3.63, 3.8) is 0 Å². The summed E-state index contributed by atoms with van der Waals surface area (Å²) in [5.41, 5.74) is 1.35. The van der Waals surface area contributed by atoms with Crippen LogP contribution in [0.4, 0.5) is 0 Å². The molecule has 0 bridgehead atoms. The number of unbranched alkanes of at least 4 members (excludes halogenated alkanes) is 4. The third-order valence-electron chi connectivity index (χ3n) is 3.51. The molecule has 1 nitrogen and oxygen atoms in total. The minimum absolute atomic E-state index is 0.645. The van der Waals surface area contributed by atoms with Crippen LogP contribution in [0.5, 0.6) is 0 Å². The summed E-state index contributed by atoms with van der Waals surface area (Å²) in [5, 5.41) is 3.46. The quantitative estimate of drug-likeness (QED) is 0.476. The molecule has 0 fully saturated rings. The number of hydrogen-bond donors (Lipinski definition) is 1. The van der Waals surface area contributed by atoms with Gasteiger partial charge in [0.15, 0.2) is 0 Å². The van der Waals surface area contributed by atoms with Crippen LogP contribution < -0.4 is 5.32 Å². The average molecular weight is 279 g/mol. The summed E-state index contributed by atoms with van der Waals surface area (Å²) in [4.78, 5) is 1.39. The zero-order chi connectivity index (χ0) is 13.9. The van der Waals surface area contributed by atoms with Crippen molar-refractivity contribution < 1.29 is 0 Å². The molecule has 0 aliphatic carbocycles. The Balaban J connectivity index is 2.21. The van der Waals surface area contributed by atoms with Gasteiger partial charge in [-0.15, -0.1) is 11.8 Å². The summed E-state index contributed by atoms with van der Waals surface area (Å²) < 4.78 is 0. The second-order valence-corrected chi connectivity index (χ2v) is 6.41. The minimum Gasteiger partial charge on any atom is -0.316 e. The summed E-state index contributed by atoms with van der Waals surface area (Å²) in [6, 6.07) is 9.45. The first-order valence-electron chi connectivity index (χ1n) is 7.63. The highest BCUT2D eigenvalue weighted by atomic mass is 32.2. The number of nitrogens with one attached hydrogen (secondary N) is 1. The van der Waals surface area contributed by atoms with E-state index in [0.29, 0.717) is 6.04 Å². The summed E-state index contributed by atoms with van der Waals surface area (Å²) in [6.07, 6.45) is 8.18. The maximum Gasteiger partial charge on any atom is 0.0158 e. The molecule has 2 heteroatoms. The summed E-state index contributed by atoms with van der Waals surface area (Å²) in [6.45, 7) is 4.43. The first kappa shape index (κ1) is 16.6. The molecule has 0 aliphatic rings. The van der Waals surface area contributed by atoms with E-state index in [1.165, 1.54) is 54.7 Å². The van der Waals surface area contributed by atoms with E-state index in [2.05, 4.69) is 50.5 Å². The standard InChI is InChI=1S/C17H29NS/c1-4-5-6-7-8-11-16(18-3)14-19-17-12-9-10-15(2)13-17/h9-10,12-13,16,18H,4-8,11,14H2,1-3H3. The van der Waals surface area contributed by atoms with Crippen molar-refractivity contribution in [1.29, 1.82) is 0 Å². The van der Waals surface area contributed by atoms with Crippen LogP contribution in [-0.2, 0) is 0 Å². The van der Waals surface area contributed by atoms with Crippen LogP contribution in [0.25, 0.3) is 0 Å². The van der Waals surface area contributed by atoms with Gasteiger partial charge in [-0.1, -0.05) is 56.7 Å². The first-order valence-corrected chi connectivity index (χ1v) is 8.61. The molecule has 0 amide bonds. The average Bonchev–Trinajstić information content (AvgIpc) is 2.42. The van der Waals surface area contributed by atoms with E-state index in [-0.39, 0.29) is 0 Å². The molecule has 0 saturated heterocycles. The second-order valence-electron chi connectivity index (χ2n) is 5.32.